The van der Waals surface area contributed by atoms with Crippen LogP contribution in [0.1, 0.15) is 76.7 Å². The van der Waals surface area contributed by atoms with Crippen molar-refractivity contribution >= 4 is 11.6 Å². The maximum absolute atomic E-state index is 5.93. The van der Waals surface area contributed by atoms with E-state index in [4.69, 9.17) is 16.2 Å². The first-order valence-corrected chi connectivity index (χ1v) is 11.3. The largest absolute Gasteiger partial charge is 0.494 e. The van der Waals surface area contributed by atoms with Gasteiger partial charge in [0.1, 0.15) is 5.75 Å². The molecule has 28 heavy (non-hydrogen) atoms. The second-order valence-electron chi connectivity index (χ2n) is 7.86. The molecule has 0 aliphatic carbocycles. The van der Waals surface area contributed by atoms with E-state index in [-0.39, 0.29) is 5.96 Å². The van der Waals surface area contributed by atoms with Gasteiger partial charge in [-0.3, -0.25) is 4.99 Å². The van der Waals surface area contributed by atoms with Crippen LogP contribution in [-0.4, -0.2) is 32.2 Å². The molecule has 0 saturated heterocycles. The molecular formula is C23H40N4O. The van der Waals surface area contributed by atoms with Crippen LogP contribution in [0, 0.1) is 0 Å². The highest BCUT2D eigenvalue weighted by atomic mass is 16.5. The minimum atomic E-state index is 0.164. The van der Waals surface area contributed by atoms with Crippen LogP contribution in [0.4, 0.5) is 5.69 Å². The number of ether oxygens (including phenoxy) is 1. The fourth-order valence-electron chi connectivity index (χ4n) is 3.85. The molecule has 158 valence electrons. The Morgan fingerprint density at radius 3 is 2.61 bits per heavy atom. The molecule has 1 heterocycles. The fourth-order valence-corrected chi connectivity index (χ4v) is 3.85. The summed E-state index contributed by atoms with van der Waals surface area (Å²) < 4.78 is 5.93. The van der Waals surface area contributed by atoms with Crippen LogP contribution >= 0.6 is 0 Å². The minimum absolute atomic E-state index is 0.164. The average Bonchev–Trinajstić information content (AvgIpc) is 2.69. The van der Waals surface area contributed by atoms with E-state index in [1.807, 2.05) is 0 Å². The van der Waals surface area contributed by atoms with Crippen molar-refractivity contribution in [2.24, 2.45) is 16.5 Å². The maximum atomic E-state index is 5.93. The number of fused-ring (bicyclic) bond motifs is 1. The van der Waals surface area contributed by atoms with Gasteiger partial charge in [-0.25, -0.2) is 0 Å². The number of nitrogens with zero attached hydrogens (tertiary/aromatic N) is 2. The standard InChI is InChI=1S/C23H40N4O/c1-2-3-4-5-6-7-9-16-27-17-11-12-20-19-21(13-14-22(20)27)28-18-10-8-15-26-23(24)25/h13-14,19H,2-12,15-18H2,1H3,(H4,24,25,26). The lowest BCUT2D eigenvalue weighted by atomic mass is 10.0. The molecule has 0 atom stereocenters. The molecule has 0 unspecified atom stereocenters. The highest BCUT2D eigenvalue weighted by Gasteiger charge is 2.17. The average molecular weight is 389 g/mol. The predicted octanol–water partition coefficient (Wildman–Crippen LogP) is 4.62. The van der Waals surface area contributed by atoms with Crippen LogP contribution in [0.25, 0.3) is 0 Å². The van der Waals surface area contributed by atoms with E-state index < -0.39 is 0 Å². The number of hydrogen-bond acceptors (Lipinski definition) is 3. The van der Waals surface area contributed by atoms with Gasteiger partial charge in [0.15, 0.2) is 5.96 Å². The van der Waals surface area contributed by atoms with Crippen molar-refractivity contribution in [2.45, 2.75) is 77.6 Å². The van der Waals surface area contributed by atoms with Gasteiger partial charge >= 0.3 is 0 Å². The summed E-state index contributed by atoms with van der Waals surface area (Å²) >= 11 is 0. The smallest absolute Gasteiger partial charge is 0.185 e. The molecule has 0 fully saturated rings. The number of benzene rings is 1. The van der Waals surface area contributed by atoms with E-state index >= 15 is 0 Å². The lowest BCUT2D eigenvalue weighted by molar-refractivity contribution is 0.307. The number of aryl methyl sites for hydroxylation is 1. The van der Waals surface area contributed by atoms with E-state index in [0.29, 0.717) is 13.2 Å². The van der Waals surface area contributed by atoms with Gasteiger partial charge in [-0.15, -0.1) is 0 Å². The monoisotopic (exact) mass is 388 g/mol. The number of unbranched alkanes of at least 4 members (excludes halogenated alkanes) is 7. The van der Waals surface area contributed by atoms with Crippen molar-refractivity contribution in [1.82, 2.24) is 0 Å². The zero-order chi connectivity index (χ0) is 20.0. The SMILES string of the molecule is CCCCCCCCCN1CCCc2cc(OCCCCN=C(N)N)ccc21. The third kappa shape index (κ3) is 8.41. The van der Waals surface area contributed by atoms with Crippen molar-refractivity contribution in [3.8, 4) is 5.75 Å². The van der Waals surface area contributed by atoms with Gasteiger partial charge in [-0.1, -0.05) is 45.4 Å². The Morgan fingerprint density at radius 2 is 1.82 bits per heavy atom. The van der Waals surface area contributed by atoms with Crippen LogP contribution in [0.3, 0.4) is 0 Å². The van der Waals surface area contributed by atoms with Crippen molar-refractivity contribution in [1.29, 1.82) is 0 Å². The summed E-state index contributed by atoms with van der Waals surface area (Å²) in [4.78, 5) is 6.57. The fraction of sp³-hybridized carbons (Fsp3) is 0.696. The normalized spacial score (nSPS) is 13.2. The summed E-state index contributed by atoms with van der Waals surface area (Å²) in [6, 6.07) is 6.62. The van der Waals surface area contributed by atoms with Crippen molar-refractivity contribution < 1.29 is 4.74 Å². The highest BCUT2D eigenvalue weighted by molar-refractivity contribution is 5.75. The van der Waals surface area contributed by atoms with Crippen LogP contribution in [0.5, 0.6) is 5.75 Å². The third-order valence-corrected chi connectivity index (χ3v) is 5.41. The number of rotatable bonds is 14. The van der Waals surface area contributed by atoms with E-state index in [9.17, 15) is 0 Å². The highest BCUT2D eigenvalue weighted by Crippen LogP contribution is 2.31. The summed E-state index contributed by atoms with van der Waals surface area (Å²) in [5.74, 6) is 1.15. The molecule has 1 aliphatic heterocycles. The topological polar surface area (TPSA) is 76.9 Å². The molecule has 0 radical (unpaired) electrons. The molecule has 5 heteroatoms. The van der Waals surface area contributed by atoms with E-state index in [2.05, 4.69) is 35.0 Å². The van der Waals surface area contributed by atoms with Crippen molar-refractivity contribution in [3.05, 3.63) is 23.8 Å². The molecule has 4 N–H and O–H groups in total. The molecule has 1 aromatic carbocycles. The summed E-state index contributed by atoms with van der Waals surface area (Å²) in [5.41, 5.74) is 13.5. The second kappa shape index (κ2) is 13.3. The van der Waals surface area contributed by atoms with Gasteiger partial charge in [-0.2, -0.15) is 0 Å². The number of nitrogens with two attached hydrogens (primary N) is 2. The van der Waals surface area contributed by atoms with E-state index in [1.54, 1.807) is 0 Å². The molecule has 0 aromatic heterocycles. The minimum Gasteiger partial charge on any atom is -0.494 e. The molecule has 0 amide bonds. The van der Waals surface area contributed by atoms with Crippen molar-refractivity contribution in [3.63, 3.8) is 0 Å². The first-order valence-electron chi connectivity index (χ1n) is 11.3. The molecule has 0 saturated carbocycles. The Kier molecular flexibility index (Phi) is 10.6. The summed E-state index contributed by atoms with van der Waals surface area (Å²) in [7, 11) is 0. The quantitative estimate of drug-likeness (QED) is 0.277. The number of guanidine groups is 1. The van der Waals surface area contributed by atoms with Crippen LogP contribution < -0.4 is 21.1 Å². The van der Waals surface area contributed by atoms with Crippen LogP contribution in [0.15, 0.2) is 23.2 Å². The van der Waals surface area contributed by atoms with Gasteiger partial charge in [0, 0.05) is 25.3 Å². The molecular weight excluding hydrogens is 348 g/mol. The van der Waals surface area contributed by atoms with E-state index in [1.165, 1.54) is 75.7 Å². The zero-order valence-electron chi connectivity index (χ0n) is 17.8. The maximum Gasteiger partial charge on any atom is 0.185 e. The Hall–Kier alpha value is -1.91. The Bertz CT molecular complexity index is 584. The Morgan fingerprint density at radius 1 is 1.04 bits per heavy atom. The van der Waals surface area contributed by atoms with E-state index in [0.717, 1.165) is 25.0 Å². The Labute approximate surface area is 171 Å². The molecule has 2 rings (SSSR count). The summed E-state index contributed by atoms with van der Waals surface area (Å²) in [6.45, 7) is 6.03. The first kappa shape index (κ1) is 22.4. The number of hydrogen-bond donors (Lipinski definition) is 2. The summed E-state index contributed by atoms with van der Waals surface area (Å²) in [6.07, 6.45) is 13.9. The lowest BCUT2D eigenvalue weighted by Crippen LogP contribution is -2.30. The first-order chi connectivity index (χ1) is 13.7. The van der Waals surface area contributed by atoms with Crippen LogP contribution in [0.2, 0.25) is 0 Å². The molecule has 1 aromatic rings. The van der Waals surface area contributed by atoms with Gasteiger partial charge in [0.2, 0.25) is 0 Å². The Balaban J connectivity index is 1.71. The number of anilines is 1. The molecule has 5 nitrogen and oxygen atoms in total. The van der Waals surface area contributed by atoms with Gasteiger partial charge in [0.25, 0.3) is 0 Å². The predicted molar refractivity (Wildman–Crippen MR) is 120 cm³/mol. The van der Waals surface area contributed by atoms with Crippen LogP contribution in [-0.2, 0) is 6.42 Å². The zero-order valence-corrected chi connectivity index (χ0v) is 17.8. The molecule has 1 aliphatic rings. The third-order valence-electron chi connectivity index (χ3n) is 5.41. The van der Waals surface area contributed by atoms with Gasteiger partial charge in [0.05, 0.1) is 6.61 Å². The molecule has 0 spiro atoms. The lowest BCUT2D eigenvalue weighted by Gasteiger charge is -2.31. The van der Waals surface area contributed by atoms with Crippen molar-refractivity contribution in [2.75, 3.05) is 31.1 Å². The summed E-state index contributed by atoms with van der Waals surface area (Å²) in [5, 5.41) is 0. The van der Waals surface area contributed by atoms with Gasteiger partial charge in [-0.05, 0) is 55.9 Å². The number of aliphatic imine (C=N–C) groups is 1. The van der Waals surface area contributed by atoms with Gasteiger partial charge < -0.3 is 21.1 Å². The second-order valence-corrected chi connectivity index (χ2v) is 7.86. The molecule has 0 bridgehead atoms.